The predicted molar refractivity (Wildman–Crippen MR) is 46.3 cm³/mol. The third-order valence-electron chi connectivity index (χ3n) is 1.73. The van der Waals surface area contributed by atoms with E-state index in [1.54, 1.807) is 0 Å². The third kappa shape index (κ3) is 1.54. The highest BCUT2D eigenvalue weighted by Crippen LogP contribution is 2.08. The largest absolute Gasteiger partial charge is 0.442 e. The van der Waals surface area contributed by atoms with Crippen molar-refractivity contribution < 1.29 is 13.6 Å². The first kappa shape index (κ1) is 8.62. The van der Waals surface area contributed by atoms with Gasteiger partial charge in [0, 0.05) is 5.56 Å². The van der Waals surface area contributed by atoms with Crippen LogP contribution in [-0.4, -0.2) is 10.8 Å². The Kier molecular flexibility index (Phi) is 2.10. The maximum absolute atomic E-state index is 12.5. The van der Waals surface area contributed by atoms with Crippen LogP contribution >= 0.6 is 0 Å². The Hall–Kier alpha value is -1.97. The number of hydrogen-bond donors (Lipinski definition) is 0. The van der Waals surface area contributed by atoms with Crippen LogP contribution in [0.1, 0.15) is 16.2 Å². The van der Waals surface area contributed by atoms with Crippen LogP contribution in [0.15, 0.2) is 41.1 Å². The van der Waals surface area contributed by atoms with Crippen LogP contribution in [0, 0.1) is 5.82 Å². The summed E-state index contributed by atoms with van der Waals surface area (Å²) in [5.41, 5.74) is 0.355. The maximum atomic E-state index is 12.5. The van der Waals surface area contributed by atoms with E-state index >= 15 is 0 Å². The normalized spacial score (nSPS) is 10.1. The number of benzene rings is 1. The number of carbonyl (C=O) groups excluding carboxylic acids is 1. The molecular formula is C10H6FNO2. The van der Waals surface area contributed by atoms with Gasteiger partial charge in [-0.15, -0.1) is 0 Å². The molecule has 2 aromatic rings. The summed E-state index contributed by atoms with van der Waals surface area (Å²) in [5.74, 6) is -0.722. The summed E-state index contributed by atoms with van der Waals surface area (Å²) < 4.78 is 17.4. The van der Waals surface area contributed by atoms with Gasteiger partial charge in [-0.05, 0) is 24.3 Å². The first-order valence-electron chi connectivity index (χ1n) is 3.97. The minimum atomic E-state index is -0.381. The van der Waals surface area contributed by atoms with E-state index in [1.165, 1.54) is 36.7 Å². The lowest BCUT2D eigenvalue weighted by Crippen LogP contribution is -2.01. The molecule has 1 heterocycles. The van der Waals surface area contributed by atoms with E-state index in [2.05, 4.69) is 4.98 Å². The Morgan fingerprint density at radius 3 is 2.57 bits per heavy atom. The SMILES string of the molecule is O=C(c1ccc(F)cc1)c1ncco1. The van der Waals surface area contributed by atoms with Gasteiger partial charge in [-0.3, -0.25) is 4.79 Å². The van der Waals surface area contributed by atoms with E-state index in [-0.39, 0.29) is 17.5 Å². The molecule has 0 radical (unpaired) electrons. The van der Waals surface area contributed by atoms with Crippen molar-refractivity contribution in [2.45, 2.75) is 0 Å². The van der Waals surface area contributed by atoms with Crippen molar-refractivity contribution in [3.8, 4) is 0 Å². The summed E-state index contributed by atoms with van der Waals surface area (Å²) in [6, 6.07) is 5.22. The van der Waals surface area contributed by atoms with E-state index in [1.807, 2.05) is 0 Å². The lowest BCUT2D eigenvalue weighted by molar-refractivity contribution is 0.100. The van der Waals surface area contributed by atoms with Crippen LogP contribution in [-0.2, 0) is 0 Å². The van der Waals surface area contributed by atoms with Crippen molar-refractivity contribution >= 4 is 5.78 Å². The van der Waals surface area contributed by atoms with Crippen LogP contribution in [0.3, 0.4) is 0 Å². The number of oxazole rings is 1. The van der Waals surface area contributed by atoms with E-state index in [0.29, 0.717) is 5.56 Å². The van der Waals surface area contributed by atoms with Crippen LogP contribution < -0.4 is 0 Å². The van der Waals surface area contributed by atoms with Crippen molar-refractivity contribution in [3.05, 3.63) is 54.0 Å². The first-order chi connectivity index (χ1) is 6.77. The van der Waals surface area contributed by atoms with Gasteiger partial charge in [-0.2, -0.15) is 0 Å². The number of ketones is 1. The Morgan fingerprint density at radius 2 is 2.00 bits per heavy atom. The lowest BCUT2D eigenvalue weighted by Gasteiger charge is -1.95. The summed E-state index contributed by atoms with van der Waals surface area (Å²) in [7, 11) is 0. The van der Waals surface area contributed by atoms with Gasteiger partial charge in [0.1, 0.15) is 12.1 Å². The molecule has 0 N–H and O–H groups in total. The zero-order chi connectivity index (χ0) is 9.97. The summed E-state index contributed by atoms with van der Waals surface area (Å²) in [6.07, 6.45) is 2.70. The second-order valence-corrected chi connectivity index (χ2v) is 2.67. The second kappa shape index (κ2) is 3.41. The highest BCUT2D eigenvalue weighted by Gasteiger charge is 2.12. The van der Waals surface area contributed by atoms with Crippen molar-refractivity contribution in [1.82, 2.24) is 4.98 Å². The molecule has 0 bridgehead atoms. The number of hydrogen-bond acceptors (Lipinski definition) is 3. The molecule has 0 spiro atoms. The molecule has 1 aromatic carbocycles. The van der Waals surface area contributed by atoms with Crippen molar-refractivity contribution in [3.63, 3.8) is 0 Å². The van der Waals surface area contributed by atoms with Gasteiger partial charge < -0.3 is 4.42 Å². The fraction of sp³-hybridized carbons (Fsp3) is 0. The van der Waals surface area contributed by atoms with Gasteiger partial charge in [-0.25, -0.2) is 9.37 Å². The zero-order valence-electron chi connectivity index (χ0n) is 7.11. The van der Waals surface area contributed by atoms with Crippen LogP contribution in [0.2, 0.25) is 0 Å². The molecule has 0 unspecified atom stereocenters. The zero-order valence-corrected chi connectivity index (χ0v) is 7.11. The van der Waals surface area contributed by atoms with Crippen molar-refractivity contribution in [1.29, 1.82) is 0 Å². The molecule has 14 heavy (non-hydrogen) atoms. The van der Waals surface area contributed by atoms with Crippen LogP contribution in [0.4, 0.5) is 4.39 Å². The summed E-state index contributed by atoms with van der Waals surface area (Å²) in [6.45, 7) is 0. The Bertz CT molecular complexity index is 434. The van der Waals surface area contributed by atoms with Crippen molar-refractivity contribution in [2.75, 3.05) is 0 Å². The quantitative estimate of drug-likeness (QED) is 0.682. The highest BCUT2D eigenvalue weighted by atomic mass is 19.1. The molecule has 0 saturated heterocycles. The number of aromatic nitrogens is 1. The first-order valence-corrected chi connectivity index (χ1v) is 3.97. The number of rotatable bonds is 2. The van der Waals surface area contributed by atoms with Crippen LogP contribution in [0.5, 0.6) is 0 Å². The summed E-state index contributed by atoms with van der Waals surface area (Å²) >= 11 is 0. The maximum Gasteiger partial charge on any atom is 0.268 e. The van der Waals surface area contributed by atoms with Gasteiger partial charge in [0.25, 0.3) is 5.89 Å². The molecule has 4 heteroatoms. The average Bonchev–Trinajstić information content (AvgIpc) is 2.71. The monoisotopic (exact) mass is 191 g/mol. The molecule has 70 valence electrons. The molecule has 0 saturated carbocycles. The molecule has 0 aliphatic heterocycles. The molecule has 1 aromatic heterocycles. The second-order valence-electron chi connectivity index (χ2n) is 2.67. The molecular weight excluding hydrogens is 185 g/mol. The smallest absolute Gasteiger partial charge is 0.268 e. The van der Waals surface area contributed by atoms with E-state index < -0.39 is 0 Å². The van der Waals surface area contributed by atoms with Crippen LogP contribution in [0.25, 0.3) is 0 Å². The molecule has 2 rings (SSSR count). The summed E-state index contributed by atoms with van der Waals surface area (Å²) in [5, 5.41) is 0. The molecule has 0 aliphatic rings. The number of nitrogens with zero attached hydrogens (tertiary/aromatic N) is 1. The topological polar surface area (TPSA) is 43.1 Å². The molecule has 3 nitrogen and oxygen atoms in total. The predicted octanol–water partition coefficient (Wildman–Crippen LogP) is 2.04. The van der Waals surface area contributed by atoms with Gasteiger partial charge in [-0.1, -0.05) is 0 Å². The minimum Gasteiger partial charge on any atom is -0.442 e. The van der Waals surface area contributed by atoms with Gasteiger partial charge in [0.05, 0.1) is 6.20 Å². The standard InChI is InChI=1S/C10H6FNO2/c11-8-3-1-7(2-4-8)9(13)10-12-5-6-14-10/h1-6H. The Labute approximate surface area is 79.2 Å². The van der Waals surface area contributed by atoms with Gasteiger partial charge in [0.15, 0.2) is 0 Å². The molecule has 0 aliphatic carbocycles. The fourth-order valence-corrected chi connectivity index (χ4v) is 1.06. The van der Waals surface area contributed by atoms with E-state index in [9.17, 15) is 9.18 Å². The molecule has 0 atom stereocenters. The van der Waals surface area contributed by atoms with E-state index in [4.69, 9.17) is 4.42 Å². The minimum absolute atomic E-state index is 0.0107. The molecule has 0 fully saturated rings. The highest BCUT2D eigenvalue weighted by molar-refractivity contribution is 6.05. The Balaban J connectivity index is 2.33. The van der Waals surface area contributed by atoms with E-state index in [0.717, 1.165) is 0 Å². The number of halogens is 1. The third-order valence-corrected chi connectivity index (χ3v) is 1.73. The average molecular weight is 191 g/mol. The number of carbonyl (C=O) groups is 1. The summed E-state index contributed by atoms with van der Waals surface area (Å²) in [4.78, 5) is 15.2. The Morgan fingerprint density at radius 1 is 1.29 bits per heavy atom. The lowest BCUT2D eigenvalue weighted by atomic mass is 10.1. The van der Waals surface area contributed by atoms with Gasteiger partial charge >= 0.3 is 0 Å². The van der Waals surface area contributed by atoms with Gasteiger partial charge in [0.2, 0.25) is 5.78 Å². The fourth-order valence-electron chi connectivity index (χ4n) is 1.06. The van der Waals surface area contributed by atoms with Crippen molar-refractivity contribution in [2.24, 2.45) is 0 Å². The molecule has 0 amide bonds.